The molecule has 10 heteroatoms. The maximum absolute atomic E-state index is 12.9. The number of hydrogen-bond acceptors (Lipinski definition) is 4. The van der Waals surface area contributed by atoms with Crippen molar-refractivity contribution in [1.29, 1.82) is 0 Å². The van der Waals surface area contributed by atoms with Crippen molar-refractivity contribution in [2.75, 3.05) is 18.1 Å². The third kappa shape index (κ3) is 6.79. The number of ketones is 1. The molecule has 6 nitrogen and oxygen atoms in total. The van der Waals surface area contributed by atoms with Gasteiger partial charge in [-0.2, -0.15) is 4.31 Å². The van der Waals surface area contributed by atoms with E-state index in [1.54, 1.807) is 42.5 Å². The van der Waals surface area contributed by atoms with Gasteiger partial charge in [-0.15, -0.1) is 0 Å². The fourth-order valence-corrected chi connectivity index (χ4v) is 4.27. The number of amides is 1. The second kappa shape index (κ2) is 10.7. The van der Waals surface area contributed by atoms with Crippen LogP contribution in [0.4, 0.5) is 5.69 Å². The van der Waals surface area contributed by atoms with E-state index in [2.05, 4.69) is 5.32 Å². The van der Waals surface area contributed by atoms with Crippen LogP contribution < -0.4 is 5.32 Å². The van der Waals surface area contributed by atoms with Crippen molar-refractivity contribution in [2.24, 2.45) is 0 Å². The zero-order chi connectivity index (χ0) is 24.2. The van der Waals surface area contributed by atoms with Gasteiger partial charge in [-0.25, -0.2) is 8.42 Å². The summed E-state index contributed by atoms with van der Waals surface area (Å²) in [7, 11) is -3.74. The highest BCUT2D eigenvalue weighted by atomic mass is 35.5. The first kappa shape index (κ1) is 25.2. The van der Waals surface area contributed by atoms with E-state index in [4.69, 9.17) is 34.8 Å². The number of hydrogen-bond donors (Lipinski definition) is 1. The van der Waals surface area contributed by atoms with Crippen LogP contribution in [0.1, 0.15) is 21.5 Å². The number of sulfonamides is 1. The zero-order valence-corrected chi connectivity index (χ0v) is 20.5. The first-order valence-corrected chi connectivity index (χ1v) is 12.6. The molecule has 0 aliphatic rings. The zero-order valence-electron chi connectivity index (χ0n) is 17.4. The van der Waals surface area contributed by atoms with Crippen LogP contribution in [0.2, 0.25) is 15.1 Å². The average Bonchev–Trinajstić information content (AvgIpc) is 2.76. The molecule has 0 unspecified atom stereocenters. The SMILES string of the molecule is CS(=O)(=O)N(CC(=O)Nc1ccc(Cl)cc1C(=O)c1ccccc1)Cc1ccc(Cl)c(Cl)c1. The van der Waals surface area contributed by atoms with Crippen molar-refractivity contribution in [3.63, 3.8) is 0 Å². The molecule has 3 rings (SSSR count). The Hall–Kier alpha value is -2.42. The van der Waals surface area contributed by atoms with E-state index in [0.717, 1.165) is 10.6 Å². The maximum Gasteiger partial charge on any atom is 0.239 e. The van der Waals surface area contributed by atoms with Crippen LogP contribution in [-0.2, 0) is 21.4 Å². The maximum atomic E-state index is 12.9. The number of halogens is 3. The van der Waals surface area contributed by atoms with Crippen LogP contribution >= 0.6 is 34.8 Å². The Balaban J connectivity index is 1.82. The van der Waals surface area contributed by atoms with Gasteiger partial charge in [0.1, 0.15) is 0 Å². The quantitative estimate of drug-likeness (QED) is 0.406. The smallest absolute Gasteiger partial charge is 0.239 e. The number of carbonyl (C=O) groups excluding carboxylic acids is 2. The lowest BCUT2D eigenvalue weighted by atomic mass is 10.0. The lowest BCUT2D eigenvalue weighted by Crippen LogP contribution is -2.37. The highest BCUT2D eigenvalue weighted by Gasteiger charge is 2.22. The van der Waals surface area contributed by atoms with E-state index in [1.165, 1.54) is 24.3 Å². The van der Waals surface area contributed by atoms with Gasteiger partial charge in [0.2, 0.25) is 15.9 Å². The fraction of sp³-hybridized carbons (Fsp3) is 0.130. The molecule has 0 aromatic heterocycles. The molecule has 0 bridgehead atoms. The van der Waals surface area contributed by atoms with Gasteiger partial charge < -0.3 is 5.32 Å². The number of anilines is 1. The van der Waals surface area contributed by atoms with Crippen molar-refractivity contribution < 1.29 is 18.0 Å². The molecule has 33 heavy (non-hydrogen) atoms. The standard InChI is InChI=1S/C23H19Cl3N2O4S/c1-33(31,32)28(13-15-7-9-19(25)20(26)11-15)14-22(29)27-21-10-8-17(24)12-18(21)23(30)16-5-3-2-4-6-16/h2-12H,13-14H2,1H3,(H,27,29). The molecule has 172 valence electrons. The molecular weight excluding hydrogens is 507 g/mol. The van der Waals surface area contributed by atoms with Crippen molar-refractivity contribution in [2.45, 2.75) is 6.54 Å². The van der Waals surface area contributed by atoms with Crippen LogP contribution in [0.25, 0.3) is 0 Å². The average molecular weight is 526 g/mol. The molecule has 0 aliphatic heterocycles. The molecule has 0 heterocycles. The molecule has 0 fully saturated rings. The molecule has 0 atom stereocenters. The van der Waals surface area contributed by atoms with Crippen LogP contribution in [0.5, 0.6) is 0 Å². The normalized spacial score (nSPS) is 11.4. The second-order valence-electron chi connectivity index (χ2n) is 7.21. The molecule has 0 saturated carbocycles. The predicted octanol–water partition coefficient (Wildman–Crippen LogP) is 5.28. The van der Waals surface area contributed by atoms with Gasteiger partial charge in [-0.05, 0) is 35.9 Å². The summed E-state index contributed by atoms with van der Waals surface area (Å²) in [6, 6.07) is 17.7. The summed E-state index contributed by atoms with van der Waals surface area (Å²) < 4.78 is 25.6. The van der Waals surface area contributed by atoms with Crippen LogP contribution in [0, 0.1) is 0 Å². The third-order valence-corrected chi connectivity index (χ3v) is 6.84. The molecular formula is C23H19Cl3N2O4S. The van der Waals surface area contributed by atoms with E-state index >= 15 is 0 Å². The molecule has 0 aliphatic carbocycles. The van der Waals surface area contributed by atoms with Crippen molar-refractivity contribution in [3.05, 3.63) is 98.5 Å². The molecule has 3 aromatic rings. The lowest BCUT2D eigenvalue weighted by molar-refractivity contribution is -0.116. The van der Waals surface area contributed by atoms with Gasteiger partial charge in [-0.1, -0.05) is 71.2 Å². The van der Waals surface area contributed by atoms with Gasteiger partial charge in [0.05, 0.1) is 28.5 Å². The Morgan fingerprint density at radius 3 is 2.24 bits per heavy atom. The number of carbonyl (C=O) groups is 2. The van der Waals surface area contributed by atoms with E-state index < -0.39 is 22.5 Å². The summed E-state index contributed by atoms with van der Waals surface area (Å²) in [6.07, 6.45) is 1.00. The minimum absolute atomic E-state index is 0.0838. The minimum atomic E-state index is -3.74. The molecule has 0 spiro atoms. The van der Waals surface area contributed by atoms with E-state index in [-0.39, 0.29) is 28.6 Å². The highest BCUT2D eigenvalue weighted by molar-refractivity contribution is 7.88. The number of nitrogens with one attached hydrogen (secondary N) is 1. The topological polar surface area (TPSA) is 83.6 Å². The molecule has 0 saturated heterocycles. The molecule has 1 amide bonds. The van der Waals surface area contributed by atoms with Crippen LogP contribution in [0.3, 0.4) is 0 Å². The third-order valence-electron chi connectivity index (χ3n) is 4.67. The van der Waals surface area contributed by atoms with E-state index in [0.29, 0.717) is 21.2 Å². The van der Waals surface area contributed by atoms with Crippen molar-refractivity contribution in [1.82, 2.24) is 4.31 Å². The summed E-state index contributed by atoms with van der Waals surface area (Å²) in [5.74, 6) is -0.950. The highest BCUT2D eigenvalue weighted by Crippen LogP contribution is 2.25. The summed E-state index contributed by atoms with van der Waals surface area (Å²) in [6.45, 7) is -0.555. The summed E-state index contributed by atoms with van der Waals surface area (Å²) in [5, 5.41) is 3.56. The van der Waals surface area contributed by atoms with Gasteiger partial charge >= 0.3 is 0 Å². The van der Waals surface area contributed by atoms with Gasteiger partial charge in [-0.3, -0.25) is 9.59 Å². The Morgan fingerprint density at radius 2 is 1.61 bits per heavy atom. The summed E-state index contributed by atoms with van der Waals surface area (Å²) in [4.78, 5) is 25.7. The van der Waals surface area contributed by atoms with Gasteiger partial charge in [0.15, 0.2) is 5.78 Å². The first-order valence-electron chi connectivity index (χ1n) is 9.63. The van der Waals surface area contributed by atoms with Crippen molar-refractivity contribution >= 4 is 62.2 Å². The van der Waals surface area contributed by atoms with Gasteiger partial charge in [0, 0.05) is 22.7 Å². The predicted molar refractivity (Wildman–Crippen MR) is 132 cm³/mol. The summed E-state index contributed by atoms with van der Waals surface area (Å²) >= 11 is 18.0. The largest absolute Gasteiger partial charge is 0.324 e. The summed E-state index contributed by atoms with van der Waals surface area (Å²) in [5.41, 5.74) is 1.40. The Labute approximate surface area is 207 Å². The number of nitrogens with zero attached hydrogens (tertiary/aromatic N) is 1. The van der Waals surface area contributed by atoms with Crippen LogP contribution in [0.15, 0.2) is 66.7 Å². The minimum Gasteiger partial charge on any atom is -0.324 e. The fourth-order valence-electron chi connectivity index (χ4n) is 3.04. The monoisotopic (exact) mass is 524 g/mol. The molecule has 0 radical (unpaired) electrons. The lowest BCUT2D eigenvalue weighted by Gasteiger charge is -2.20. The first-order chi connectivity index (χ1) is 15.5. The molecule has 3 aromatic carbocycles. The Bertz CT molecular complexity index is 1300. The molecule has 1 N–H and O–H groups in total. The number of rotatable bonds is 8. The number of benzene rings is 3. The van der Waals surface area contributed by atoms with Gasteiger partial charge in [0.25, 0.3) is 0 Å². The van der Waals surface area contributed by atoms with E-state index in [1.807, 2.05) is 0 Å². The van der Waals surface area contributed by atoms with Crippen LogP contribution in [-0.4, -0.2) is 37.2 Å². The van der Waals surface area contributed by atoms with Crippen molar-refractivity contribution in [3.8, 4) is 0 Å². The Morgan fingerprint density at radius 1 is 0.909 bits per heavy atom. The Kier molecular flexibility index (Phi) is 8.15. The second-order valence-corrected chi connectivity index (χ2v) is 10.4. The van der Waals surface area contributed by atoms with E-state index in [9.17, 15) is 18.0 Å².